The molecule has 1 heterocycles. The van der Waals surface area contributed by atoms with Gasteiger partial charge in [-0.25, -0.2) is 0 Å². The van der Waals surface area contributed by atoms with Gasteiger partial charge in [-0.15, -0.1) is 0 Å². The molecule has 98 valence electrons. The van der Waals surface area contributed by atoms with E-state index >= 15 is 0 Å². The van der Waals surface area contributed by atoms with Gasteiger partial charge in [-0.3, -0.25) is 9.78 Å². The van der Waals surface area contributed by atoms with E-state index in [-0.39, 0.29) is 0 Å². The molecule has 0 atom stereocenters. The molecule has 0 saturated heterocycles. The monoisotopic (exact) mass is 321 g/mol. The standard InChI is InChI=1S/C14H12BrNO3/c1-18-13-6-12(15)5-11(8-17)14(13)19-9-10-3-2-4-16-7-10/h2-8H,9H2,1H3. The number of pyridine rings is 1. The number of hydrogen-bond acceptors (Lipinski definition) is 4. The van der Waals surface area contributed by atoms with Gasteiger partial charge in [-0.2, -0.15) is 0 Å². The largest absolute Gasteiger partial charge is 0.493 e. The number of nitrogens with zero attached hydrogens (tertiary/aromatic N) is 1. The number of rotatable bonds is 5. The topological polar surface area (TPSA) is 48.4 Å². The van der Waals surface area contributed by atoms with Gasteiger partial charge in [0.2, 0.25) is 0 Å². The van der Waals surface area contributed by atoms with Gasteiger partial charge < -0.3 is 9.47 Å². The van der Waals surface area contributed by atoms with Gasteiger partial charge in [0.1, 0.15) is 6.61 Å². The lowest BCUT2D eigenvalue weighted by molar-refractivity contribution is 0.111. The Labute approximate surface area is 119 Å². The summed E-state index contributed by atoms with van der Waals surface area (Å²) in [5.74, 6) is 0.949. The van der Waals surface area contributed by atoms with Crippen LogP contribution in [0.4, 0.5) is 0 Å². The number of carbonyl (C=O) groups is 1. The van der Waals surface area contributed by atoms with Gasteiger partial charge in [0.25, 0.3) is 0 Å². The molecule has 5 heteroatoms. The molecule has 2 aromatic rings. The molecule has 0 unspecified atom stereocenters. The molecule has 4 nitrogen and oxygen atoms in total. The zero-order valence-corrected chi connectivity index (χ0v) is 11.9. The van der Waals surface area contributed by atoms with Crippen LogP contribution in [0.3, 0.4) is 0 Å². The minimum atomic E-state index is 0.326. The molecule has 0 aliphatic carbocycles. The third-order valence-electron chi connectivity index (χ3n) is 2.50. The summed E-state index contributed by atoms with van der Waals surface area (Å²) in [5, 5.41) is 0. The van der Waals surface area contributed by atoms with Gasteiger partial charge >= 0.3 is 0 Å². The molecule has 19 heavy (non-hydrogen) atoms. The van der Waals surface area contributed by atoms with Crippen LogP contribution >= 0.6 is 15.9 Å². The summed E-state index contributed by atoms with van der Waals surface area (Å²) in [6.45, 7) is 0.326. The molecule has 1 aromatic carbocycles. The van der Waals surface area contributed by atoms with Crippen LogP contribution < -0.4 is 9.47 Å². The van der Waals surface area contributed by atoms with Crippen LogP contribution in [0.2, 0.25) is 0 Å². The number of aldehydes is 1. The van der Waals surface area contributed by atoms with E-state index in [1.54, 1.807) is 24.5 Å². The first-order valence-electron chi connectivity index (χ1n) is 5.59. The molecule has 2 rings (SSSR count). The van der Waals surface area contributed by atoms with Gasteiger partial charge in [0.05, 0.1) is 12.7 Å². The fourth-order valence-electron chi connectivity index (χ4n) is 1.62. The van der Waals surface area contributed by atoms with Crippen molar-refractivity contribution in [3.8, 4) is 11.5 Å². The molecular formula is C14H12BrNO3. The lowest BCUT2D eigenvalue weighted by Crippen LogP contribution is -2.01. The Kier molecular flexibility index (Phi) is 4.52. The van der Waals surface area contributed by atoms with Crippen molar-refractivity contribution >= 4 is 22.2 Å². The van der Waals surface area contributed by atoms with E-state index in [1.807, 2.05) is 12.1 Å². The maximum atomic E-state index is 11.1. The minimum Gasteiger partial charge on any atom is -0.493 e. The van der Waals surface area contributed by atoms with Crippen LogP contribution in [0.1, 0.15) is 15.9 Å². The van der Waals surface area contributed by atoms with Crippen LogP contribution in [-0.4, -0.2) is 18.4 Å². The highest BCUT2D eigenvalue weighted by molar-refractivity contribution is 9.10. The third-order valence-corrected chi connectivity index (χ3v) is 2.96. The van der Waals surface area contributed by atoms with E-state index in [4.69, 9.17) is 9.47 Å². The fraction of sp³-hybridized carbons (Fsp3) is 0.143. The van der Waals surface area contributed by atoms with Crippen molar-refractivity contribution in [1.29, 1.82) is 0 Å². The Morgan fingerprint density at radius 3 is 2.89 bits per heavy atom. The summed E-state index contributed by atoms with van der Waals surface area (Å²) in [7, 11) is 1.54. The number of carbonyl (C=O) groups excluding carboxylic acids is 1. The SMILES string of the molecule is COc1cc(Br)cc(C=O)c1OCc1cccnc1. The summed E-state index contributed by atoms with van der Waals surface area (Å²) < 4.78 is 11.7. The first-order valence-corrected chi connectivity index (χ1v) is 6.38. The average Bonchev–Trinajstić information content (AvgIpc) is 2.46. The Balaban J connectivity index is 2.26. The first-order chi connectivity index (χ1) is 9.24. The van der Waals surface area contributed by atoms with Crippen LogP contribution in [0.5, 0.6) is 11.5 Å². The number of halogens is 1. The normalized spacial score (nSPS) is 10.0. The maximum Gasteiger partial charge on any atom is 0.172 e. The number of hydrogen-bond donors (Lipinski definition) is 0. The fourth-order valence-corrected chi connectivity index (χ4v) is 2.08. The smallest absolute Gasteiger partial charge is 0.172 e. The van der Waals surface area contributed by atoms with Crippen LogP contribution in [0.25, 0.3) is 0 Å². The average molecular weight is 322 g/mol. The van der Waals surface area contributed by atoms with E-state index in [2.05, 4.69) is 20.9 Å². The van der Waals surface area contributed by atoms with Crippen LogP contribution in [0, 0.1) is 0 Å². The molecule has 0 amide bonds. The molecule has 0 N–H and O–H groups in total. The summed E-state index contributed by atoms with van der Waals surface area (Å²) in [6.07, 6.45) is 4.15. The second kappa shape index (κ2) is 6.33. The number of ether oxygens (including phenoxy) is 2. The zero-order chi connectivity index (χ0) is 13.7. The zero-order valence-electron chi connectivity index (χ0n) is 10.3. The molecule has 0 bridgehead atoms. The Hall–Kier alpha value is -1.88. The quantitative estimate of drug-likeness (QED) is 0.793. The Morgan fingerprint density at radius 1 is 1.42 bits per heavy atom. The highest BCUT2D eigenvalue weighted by Crippen LogP contribution is 2.34. The molecule has 0 aliphatic rings. The summed E-state index contributed by atoms with van der Waals surface area (Å²) in [6, 6.07) is 7.18. The first kappa shape index (κ1) is 13.5. The third kappa shape index (κ3) is 3.32. The van der Waals surface area contributed by atoms with E-state index in [0.29, 0.717) is 23.7 Å². The van der Waals surface area contributed by atoms with E-state index < -0.39 is 0 Å². The lowest BCUT2D eigenvalue weighted by atomic mass is 10.2. The van der Waals surface area contributed by atoms with Crippen molar-refractivity contribution in [3.05, 3.63) is 52.3 Å². The summed E-state index contributed by atoms with van der Waals surface area (Å²) in [5.41, 5.74) is 1.36. The maximum absolute atomic E-state index is 11.1. The molecule has 0 spiro atoms. The molecule has 1 aromatic heterocycles. The van der Waals surface area contributed by atoms with Crippen LogP contribution in [0.15, 0.2) is 41.1 Å². The van der Waals surface area contributed by atoms with Crippen molar-refractivity contribution in [1.82, 2.24) is 4.98 Å². The van der Waals surface area contributed by atoms with E-state index in [9.17, 15) is 4.79 Å². The molecule has 0 radical (unpaired) electrons. The molecule has 0 saturated carbocycles. The van der Waals surface area contributed by atoms with Crippen LogP contribution in [-0.2, 0) is 6.61 Å². The molecule has 0 fully saturated rings. The van der Waals surface area contributed by atoms with Gasteiger partial charge in [0.15, 0.2) is 17.8 Å². The van der Waals surface area contributed by atoms with Crippen molar-refractivity contribution in [2.24, 2.45) is 0 Å². The molecular weight excluding hydrogens is 310 g/mol. The number of methoxy groups -OCH3 is 1. The molecule has 0 aliphatic heterocycles. The second-order valence-corrected chi connectivity index (χ2v) is 4.71. The van der Waals surface area contributed by atoms with Crippen molar-refractivity contribution in [2.45, 2.75) is 6.61 Å². The Morgan fingerprint density at radius 2 is 2.26 bits per heavy atom. The highest BCUT2D eigenvalue weighted by atomic mass is 79.9. The lowest BCUT2D eigenvalue weighted by Gasteiger charge is -2.13. The van der Waals surface area contributed by atoms with E-state index in [0.717, 1.165) is 16.3 Å². The van der Waals surface area contributed by atoms with Crippen molar-refractivity contribution in [3.63, 3.8) is 0 Å². The summed E-state index contributed by atoms with van der Waals surface area (Å²) >= 11 is 3.32. The number of aromatic nitrogens is 1. The van der Waals surface area contributed by atoms with Crippen molar-refractivity contribution in [2.75, 3.05) is 7.11 Å². The van der Waals surface area contributed by atoms with Gasteiger partial charge in [-0.1, -0.05) is 22.0 Å². The summed E-state index contributed by atoms with van der Waals surface area (Å²) in [4.78, 5) is 15.1. The van der Waals surface area contributed by atoms with E-state index in [1.165, 1.54) is 7.11 Å². The Bertz CT molecular complexity index is 572. The predicted molar refractivity (Wildman–Crippen MR) is 74.7 cm³/mol. The predicted octanol–water partition coefficient (Wildman–Crippen LogP) is 3.24. The van der Waals surface area contributed by atoms with Gasteiger partial charge in [-0.05, 0) is 18.2 Å². The minimum absolute atomic E-state index is 0.326. The van der Waals surface area contributed by atoms with Crippen molar-refractivity contribution < 1.29 is 14.3 Å². The van der Waals surface area contributed by atoms with Gasteiger partial charge in [0, 0.05) is 22.4 Å². The highest BCUT2D eigenvalue weighted by Gasteiger charge is 2.12. The number of benzene rings is 1. The second-order valence-electron chi connectivity index (χ2n) is 3.79.